The zero-order chi connectivity index (χ0) is 17.8. The number of nitrogens with zero attached hydrogens (tertiary/aromatic N) is 1. The number of hydrogen-bond acceptors (Lipinski definition) is 3. The van der Waals surface area contributed by atoms with E-state index >= 15 is 0 Å². The molecule has 0 saturated carbocycles. The van der Waals surface area contributed by atoms with E-state index in [9.17, 15) is 5.11 Å². The standard InChI is InChI=1S/C22H18N2O2/c25-21-13-18(26-15-16-7-3-1-4-8-16)11-12-19(21)22-20(14-23-24-22)17-9-5-2-6-10-17/h1-14,25H,15H2,(H,23,24). The molecule has 0 radical (unpaired) electrons. The SMILES string of the molecule is Oc1cc(OCc2ccccc2)ccc1-c1[nH]ncc1-c1ccccc1. The zero-order valence-corrected chi connectivity index (χ0v) is 14.1. The van der Waals surface area contributed by atoms with E-state index < -0.39 is 0 Å². The highest BCUT2D eigenvalue weighted by Crippen LogP contribution is 2.37. The van der Waals surface area contributed by atoms with Gasteiger partial charge in [0.25, 0.3) is 0 Å². The predicted molar refractivity (Wildman–Crippen MR) is 102 cm³/mol. The van der Waals surface area contributed by atoms with Crippen molar-refractivity contribution in [2.45, 2.75) is 6.61 Å². The molecule has 3 aromatic carbocycles. The van der Waals surface area contributed by atoms with Crippen molar-refractivity contribution in [3.05, 3.63) is 90.6 Å². The van der Waals surface area contributed by atoms with Crippen LogP contribution in [0.25, 0.3) is 22.4 Å². The first kappa shape index (κ1) is 16.0. The molecule has 26 heavy (non-hydrogen) atoms. The van der Waals surface area contributed by atoms with Crippen LogP contribution >= 0.6 is 0 Å². The first-order valence-electron chi connectivity index (χ1n) is 8.40. The summed E-state index contributed by atoms with van der Waals surface area (Å²) in [6.07, 6.45) is 1.77. The third kappa shape index (κ3) is 3.30. The second-order valence-corrected chi connectivity index (χ2v) is 5.98. The Morgan fingerprint density at radius 1 is 0.846 bits per heavy atom. The van der Waals surface area contributed by atoms with Crippen molar-refractivity contribution >= 4 is 0 Å². The Morgan fingerprint density at radius 3 is 2.31 bits per heavy atom. The van der Waals surface area contributed by atoms with Crippen molar-refractivity contribution in [1.82, 2.24) is 10.2 Å². The highest BCUT2D eigenvalue weighted by molar-refractivity contribution is 5.83. The molecule has 0 aliphatic rings. The van der Waals surface area contributed by atoms with Gasteiger partial charge >= 0.3 is 0 Å². The fourth-order valence-corrected chi connectivity index (χ4v) is 2.88. The number of ether oxygens (including phenoxy) is 1. The van der Waals surface area contributed by atoms with Crippen molar-refractivity contribution in [1.29, 1.82) is 0 Å². The third-order valence-corrected chi connectivity index (χ3v) is 4.21. The molecule has 4 nitrogen and oxygen atoms in total. The number of aromatic amines is 1. The molecular formula is C22H18N2O2. The molecule has 1 aromatic heterocycles. The fourth-order valence-electron chi connectivity index (χ4n) is 2.88. The topological polar surface area (TPSA) is 58.1 Å². The summed E-state index contributed by atoms with van der Waals surface area (Å²) < 4.78 is 5.77. The summed E-state index contributed by atoms with van der Waals surface area (Å²) >= 11 is 0. The van der Waals surface area contributed by atoms with E-state index in [1.165, 1.54) is 0 Å². The van der Waals surface area contributed by atoms with Gasteiger partial charge in [-0.3, -0.25) is 5.10 Å². The van der Waals surface area contributed by atoms with Gasteiger partial charge in [-0.1, -0.05) is 60.7 Å². The van der Waals surface area contributed by atoms with Gasteiger partial charge in [-0.05, 0) is 23.3 Å². The van der Waals surface area contributed by atoms with Gasteiger partial charge in [-0.2, -0.15) is 5.10 Å². The van der Waals surface area contributed by atoms with Gasteiger partial charge < -0.3 is 9.84 Å². The van der Waals surface area contributed by atoms with Crippen LogP contribution in [0.5, 0.6) is 11.5 Å². The normalized spacial score (nSPS) is 10.6. The number of aromatic hydroxyl groups is 1. The van der Waals surface area contributed by atoms with Gasteiger partial charge in [0.05, 0.1) is 11.9 Å². The first-order valence-corrected chi connectivity index (χ1v) is 8.40. The number of phenolic OH excluding ortho intramolecular Hbond substituents is 1. The van der Waals surface area contributed by atoms with E-state index in [4.69, 9.17) is 4.74 Å². The lowest BCUT2D eigenvalue weighted by Crippen LogP contribution is -1.95. The maximum absolute atomic E-state index is 10.5. The Bertz CT molecular complexity index is 995. The van der Waals surface area contributed by atoms with Gasteiger partial charge in [0.2, 0.25) is 0 Å². The lowest BCUT2D eigenvalue weighted by Gasteiger charge is -2.10. The maximum Gasteiger partial charge on any atom is 0.128 e. The van der Waals surface area contributed by atoms with Crippen LogP contribution in [0.3, 0.4) is 0 Å². The minimum atomic E-state index is 0.150. The summed E-state index contributed by atoms with van der Waals surface area (Å²) in [7, 11) is 0. The average molecular weight is 342 g/mol. The molecule has 0 aliphatic carbocycles. The van der Waals surface area contributed by atoms with Crippen LogP contribution in [-0.4, -0.2) is 15.3 Å². The molecule has 4 heteroatoms. The summed E-state index contributed by atoms with van der Waals surface area (Å²) in [4.78, 5) is 0. The minimum absolute atomic E-state index is 0.150. The van der Waals surface area contributed by atoms with Crippen LogP contribution in [0, 0.1) is 0 Å². The number of H-pyrrole nitrogens is 1. The monoisotopic (exact) mass is 342 g/mol. The third-order valence-electron chi connectivity index (χ3n) is 4.21. The molecule has 0 amide bonds. The molecule has 0 aliphatic heterocycles. The smallest absolute Gasteiger partial charge is 0.128 e. The number of hydrogen-bond donors (Lipinski definition) is 2. The van der Waals surface area contributed by atoms with Crippen molar-refractivity contribution in [2.75, 3.05) is 0 Å². The molecule has 0 saturated heterocycles. The van der Waals surface area contributed by atoms with Gasteiger partial charge in [-0.15, -0.1) is 0 Å². The van der Waals surface area contributed by atoms with E-state index in [2.05, 4.69) is 10.2 Å². The lowest BCUT2D eigenvalue weighted by molar-refractivity contribution is 0.304. The molecule has 0 unspecified atom stereocenters. The molecular weight excluding hydrogens is 324 g/mol. The Labute approximate surface area is 151 Å². The number of nitrogens with one attached hydrogen (secondary N) is 1. The molecule has 0 fully saturated rings. The Hall–Kier alpha value is -3.53. The van der Waals surface area contributed by atoms with E-state index in [-0.39, 0.29) is 5.75 Å². The zero-order valence-electron chi connectivity index (χ0n) is 14.1. The molecule has 128 valence electrons. The van der Waals surface area contributed by atoms with Crippen LogP contribution in [-0.2, 0) is 6.61 Å². The minimum Gasteiger partial charge on any atom is -0.507 e. The first-order chi connectivity index (χ1) is 12.8. The lowest BCUT2D eigenvalue weighted by atomic mass is 10.0. The van der Waals surface area contributed by atoms with E-state index in [1.54, 1.807) is 12.3 Å². The van der Waals surface area contributed by atoms with Crippen molar-refractivity contribution < 1.29 is 9.84 Å². The second kappa shape index (κ2) is 7.15. The van der Waals surface area contributed by atoms with Crippen LogP contribution < -0.4 is 4.74 Å². The van der Waals surface area contributed by atoms with Crippen molar-refractivity contribution in [3.63, 3.8) is 0 Å². The summed E-state index contributed by atoms with van der Waals surface area (Å²) in [5, 5.41) is 17.6. The average Bonchev–Trinajstić information content (AvgIpc) is 3.17. The number of rotatable bonds is 5. The highest BCUT2D eigenvalue weighted by atomic mass is 16.5. The van der Waals surface area contributed by atoms with Crippen LogP contribution in [0.15, 0.2) is 85.1 Å². The highest BCUT2D eigenvalue weighted by Gasteiger charge is 2.14. The van der Waals surface area contributed by atoms with E-state index in [0.29, 0.717) is 17.9 Å². The largest absolute Gasteiger partial charge is 0.507 e. The van der Waals surface area contributed by atoms with E-state index in [0.717, 1.165) is 22.4 Å². The summed E-state index contributed by atoms with van der Waals surface area (Å²) in [6, 6.07) is 25.2. The summed E-state index contributed by atoms with van der Waals surface area (Å²) in [6.45, 7) is 0.457. The van der Waals surface area contributed by atoms with Crippen LogP contribution in [0.2, 0.25) is 0 Å². The number of phenols is 1. The van der Waals surface area contributed by atoms with Gasteiger partial charge in [0, 0.05) is 17.2 Å². The van der Waals surface area contributed by atoms with Gasteiger partial charge in [0.15, 0.2) is 0 Å². The Balaban J connectivity index is 1.59. The second-order valence-electron chi connectivity index (χ2n) is 5.98. The molecule has 4 rings (SSSR count). The van der Waals surface area contributed by atoms with Crippen molar-refractivity contribution in [3.8, 4) is 33.9 Å². The van der Waals surface area contributed by atoms with Gasteiger partial charge in [-0.25, -0.2) is 0 Å². The molecule has 0 spiro atoms. The molecule has 0 bridgehead atoms. The summed E-state index contributed by atoms with van der Waals surface area (Å²) in [5.74, 6) is 0.771. The Morgan fingerprint density at radius 2 is 1.58 bits per heavy atom. The Kier molecular flexibility index (Phi) is 4.39. The molecule has 0 atom stereocenters. The summed E-state index contributed by atoms with van der Waals surface area (Å²) in [5.41, 5.74) is 4.53. The fraction of sp³-hybridized carbons (Fsp3) is 0.0455. The number of benzene rings is 3. The molecule has 2 N–H and O–H groups in total. The van der Waals surface area contributed by atoms with Crippen LogP contribution in [0.4, 0.5) is 0 Å². The predicted octanol–water partition coefficient (Wildman–Crippen LogP) is 5.03. The molecule has 4 aromatic rings. The van der Waals surface area contributed by atoms with E-state index in [1.807, 2.05) is 72.8 Å². The van der Waals surface area contributed by atoms with Gasteiger partial charge in [0.1, 0.15) is 18.1 Å². The maximum atomic E-state index is 10.5. The molecule has 1 heterocycles. The van der Waals surface area contributed by atoms with Crippen LogP contribution in [0.1, 0.15) is 5.56 Å². The number of aromatic nitrogens is 2. The van der Waals surface area contributed by atoms with Crippen molar-refractivity contribution in [2.24, 2.45) is 0 Å². The quantitative estimate of drug-likeness (QED) is 0.535.